The van der Waals surface area contributed by atoms with Crippen molar-refractivity contribution in [3.05, 3.63) is 72.4 Å². The molecule has 0 bridgehead atoms. The highest BCUT2D eigenvalue weighted by atomic mass is 19.3. The molecule has 4 rings (SSSR count). The molecule has 0 atom stereocenters. The summed E-state index contributed by atoms with van der Waals surface area (Å²) in [6.45, 7) is -2.94. The van der Waals surface area contributed by atoms with Gasteiger partial charge in [-0.3, -0.25) is 4.57 Å². The lowest BCUT2D eigenvalue weighted by Crippen LogP contribution is -2.01. The fourth-order valence-electron chi connectivity index (χ4n) is 2.89. The lowest BCUT2D eigenvalue weighted by Gasteiger charge is -2.06. The third-order valence-corrected chi connectivity index (χ3v) is 4.09. The molecule has 0 saturated heterocycles. The number of hydrogen-bond acceptors (Lipinski definition) is 4. The molecule has 0 fully saturated rings. The van der Waals surface area contributed by atoms with Crippen LogP contribution >= 0.6 is 0 Å². The second-order valence-corrected chi connectivity index (χ2v) is 5.83. The monoisotopic (exact) mass is 380 g/mol. The van der Waals surface area contributed by atoms with E-state index in [1.807, 2.05) is 6.07 Å². The van der Waals surface area contributed by atoms with Crippen molar-refractivity contribution in [3.63, 3.8) is 0 Å². The highest BCUT2D eigenvalue weighted by molar-refractivity contribution is 5.92. The van der Waals surface area contributed by atoms with Crippen LogP contribution in [0.1, 0.15) is 5.69 Å². The molecular weight excluding hydrogens is 369 g/mol. The van der Waals surface area contributed by atoms with E-state index in [9.17, 15) is 13.2 Å². The van der Waals surface area contributed by atoms with Crippen molar-refractivity contribution >= 4 is 11.2 Å². The number of fused-ring (bicyclic) bond motifs is 1. The second-order valence-electron chi connectivity index (χ2n) is 5.83. The molecule has 0 spiro atoms. The highest BCUT2D eigenvalue weighted by Gasteiger charge is 2.16. The Kier molecular flexibility index (Phi) is 4.41. The first-order chi connectivity index (χ1) is 13.5. The van der Waals surface area contributed by atoms with Crippen LogP contribution in [0.5, 0.6) is 5.75 Å². The van der Waals surface area contributed by atoms with Gasteiger partial charge in [0, 0.05) is 17.4 Å². The maximum Gasteiger partial charge on any atom is 0.387 e. The van der Waals surface area contributed by atoms with E-state index in [0.717, 1.165) is 0 Å². The maximum absolute atomic E-state index is 13.3. The normalized spacial score (nSPS) is 11.0. The zero-order valence-corrected chi connectivity index (χ0v) is 14.2. The molecule has 8 heteroatoms. The molecule has 0 radical (unpaired) electrons. The number of aromatic nitrogens is 3. The first-order valence-electron chi connectivity index (χ1n) is 8.14. The zero-order chi connectivity index (χ0) is 19.7. The fourth-order valence-corrected chi connectivity index (χ4v) is 2.89. The van der Waals surface area contributed by atoms with Crippen molar-refractivity contribution in [2.75, 3.05) is 0 Å². The molecule has 4 aromatic rings. The van der Waals surface area contributed by atoms with E-state index in [4.69, 9.17) is 5.26 Å². The molecule has 2 aromatic heterocycles. The molecule has 0 aliphatic carbocycles. The van der Waals surface area contributed by atoms with E-state index >= 15 is 0 Å². The number of rotatable bonds is 4. The van der Waals surface area contributed by atoms with Gasteiger partial charge in [-0.25, -0.2) is 14.4 Å². The van der Waals surface area contributed by atoms with Crippen LogP contribution in [0.15, 0.2) is 60.9 Å². The van der Waals surface area contributed by atoms with Gasteiger partial charge in [0.2, 0.25) is 0 Å². The van der Waals surface area contributed by atoms with Crippen molar-refractivity contribution in [1.29, 1.82) is 5.26 Å². The number of ether oxygens (including phenoxy) is 1. The standard InChI is InChI=1S/C20H11F3N4O/c21-13-4-6-15(7-5-13)27-11-17(18-19(27)26-14(9-24)10-25-18)12-2-1-3-16(8-12)28-20(22)23/h1-8,10-11,20H. The molecular formula is C20H11F3N4O. The predicted molar refractivity (Wildman–Crippen MR) is 95.6 cm³/mol. The van der Waals surface area contributed by atoms with Gasteiger partial charge in [0.1, 0.15) is 23.2 Å². The maximum atomic E-state index is 13.3. The Hall–Kier alpha value is -3.86. The zero-order valence-electron chi connectivity index (χ0n) is 14.2. The fraction of sp³-hybridized carbons (Fsp3) is 0.0500. The minimum Gasteiger partial charge on any atom is -0.435 e. The van der Waals surface area contributed by atoms with Crippen LogP contribution in [-0.2, 0) is 0 Å². The quantitative estimate of drug-likeness (QED) is 0.515. The lowest BCUT2D eigenvalue weighted by molar-refractivity contribution is -0.0498. The number of nitrogens with zero attached hydrogens (tertiary/aromatic N) is 4. The van der Waals surface area contributed by atoms with Gasteiger partial charge in [-0.1, -0.05) is 12.1 Å². The molecule has 0 amide bonds. The first kappa shape index (κ1) is 17.5. The summed E-state index contributed by atoms with van der Waals surface area (Å²) in [5.41, 5.74) is 2.79. The summed E-state index contributed by atoms with van der Waals surface area (Å²) in [5.74, 6) is -0.377. The van der Waals surface area contributed by atoms with Gasteiger partial charge in [-0.15, -0.1) is 0 Å². The first-order valence-corrected chi connectivity index (χ1v) is 8.14. The van der Waals surface area contributed by atoms with Gasteiger partial charge < -0.3 is 4.74 Å². The summed E-state index contributed by atoms with van der Waals surface area (Å²) in [4.78, 5) is 8.62. The van der Waals surface area contributed by atoms with Crippen LogP contribution in [0.25, 0.3) is 28.0 Å². The molecule has 0 aliphatic heterocycles. The third kappa shape index (κ3) is 3.25. The Morgan fingerprint density at radius 3 is 2.61 bits per heavy atom. The summed E-state index contributed by atoms with van der Waals surface area (Å²) in [5, 5.41) is 9.14. The summed E-state index contributed by atoms with van der Waals surface area (Å²) in [7, 11) is 0. The van der Waals surface area contributed by atoms with Gasteiger partial charge in [0.25, 0.3) is 0 Å². The molecule has 5 nitrogen and oxygen atoms in total. The highest BCUT2D eigenvalue weighted by Crippen LogP contribution is 2.32. The Balaban J connectivity index is 1.93. The molecule has 28 heavy (non-hydrogen) atoms. The van der Waals surface area contributed by atoms with E-state index in [2.05, 4.69) is 14.7 Å². The number of nitriles is 1. The van der Waals surface area contributed by atoms with Crippen molar-refractivity contribution in [2.24, 2.45) is 0 Å². The average molecular weight is 380 g/mol. The van der Waals surface area contributed by atoms with E-state index < -0.39 is 6.61 Å². The van der Waals surface area contributed by atoms with Crippen molar-refractivity contribution in [2.45, 2.75) is 6.61 Å². The molecule has 2 heterocycles. The summed E-state index contributed by atoms with van der Waals surface area (Å²) >= 11 is 0. The third-order valence-electron chi connectivity index (χ3n) is 4.09. The van der Waals surface area contributed by atoms with Crippen LogP contribution in [0.3, 0.4) is 0 Å². The van der Waals surface area contributed by atoms with Crippen molar-refractivity contribution in [1.82, 2.24) is 14.5 Å². The van der Waals surface area contributed by atoms with Crippen LogP contribution in [0, 0.1) is 17.1 Å². The van der Waals surface area contributed by atoms with E-state index in [-0.39, 0.29) is 17.3 Å². The van der Waals surface area contributed by atoms with Crippen molar-refractivity contribution < 1.29 is 17.9 Å². The largest absolute Gasteiger partial charge is 0.435 e. The molecule has 0 saturated carbocycles. The van der Waals surface area contributed by atoms with Crippen molar-refractivity contribution in [3.8, 4) is 28.6 Å². The van der Waals surface area contributed by atoms with Gasteiger partial charge in [0.05, 0.1) is 6.20 Å². The summed E-state index contributed by atoms with van der Waals surface area (Å²) in [6.07, 6.45) is 3.04. The number of alkyl halides is 2. The smallest absolute Gasteiger partial charge is 0.387 e. The van der Waals surface area contributed by atoms with Gasteiger partial charge in [0.15, 0.2) is 11.3 Å². The van der Waals surface area contributed by atoms with E-state index in [1.54, 1.807) is 35.0 Å². The Morgan fingerprint density at radius 2 is 1.89 bits per heavy atom. The Morgan fingerprint density at radius 1 is 1.11 bits per heavy atom. The number of benzene rings is 2. The summed E-state index contributed by atoms with van der Waals surface area (Å²) in [6, 6.07) is 13.9. The summed E-state index contributed by atoms with van der Waals surface area (Å²) < 4.78 is 44.5. The number of hydrogen-bond donors (Lipinski definition) is 0. The molecule has 0 aliphatic rings. The predicted octanol–water partition coefficient (Wildman–Crippen LogP) is 4.70. The number of halogens is 3. The van der Waals surface area contributed by atoms with Gasteiger partial charge in [-0.2, -0.15) is 14.0 Å². The molecule has 0 unspecified atom stereocenters. The van der Waals surface area contributed by atoms with Gasteiger partial charge in [-0.05, 0) is 42.0 Å². The minimum atomic E-state index is -2.94. The Bertz CT molecular complexity index is 1200. The molecule has 2 aromatic carbocycles. The minimum absolute atomic E-state index is 0.0109. The van der Waals surface area contributed by atoms with E-state index in [1.165, 1.54) is 30.5 Å². The van der Waals surface area contributed by atoms with Gasteiger partial charge >= 0.3 is 6.61 Å². The van der Waals surface area contributed by atoms with E-state index in [0.29, 0.717) is 28.0 Å². The Labute approximate surface area is 157 Å². The van der Waals surface area contributed by atoms with Crippen LogP contribution in [0.2, 0.25) is 0 Å². The molecule has 0 N–H and O–H groups in total. The van der Waals surface area contributed by atoms with Crippen LogP contribution in [-0.4, -0.2) is 21.1 Å². The second kappa shape index (κ2) is 7.04. The average Bonchev–Trinajstić information content (AvgIpc) is 3.07. The van der Waals surface area contributed by atoms with Crippen LogP contribution < -0.4 is 4.74 Å². The van der Waals surface area contributed by atoms with Crippen LogP contribution in [0.4, 0.5) is 13.2 Å². The topological polar surface area (TPSA) is 63.7 Å². The molecule has 138 valence electrons. The SMILES string of the molecule is N#Cc1cnc2c(-c3cccc(OC(F)F)c3)cn(-c3ccc(F)cc3)c2n1. The lowest BCUT2D eigenvalue weighted by atomic mass is 10.1.